The monoisotopic (exact) mass is 348 g/mol. The number of alkyl carbamates (subject to hydrolysis) is 1. The zero-order valence-electron chi connectivity index (χ0n) is 15.2. The van der Waals surface area contributed by atoms with Crippen molar-refractivity contribution < 1.29 is 19.1 Å². The standard InChI is InChI=1S/C19H28N2O4/c1-19(2,3)25-18(23)21-16(14-7-5-4-6-8-14)13-20-17(22)15-9-11-24-12-10-15/h4-8,15-16H,9-13H2,1-3H3,(H,20,22)(H,21,23)/t16-/m0/s1. The van der Waals surface area contributed by atoms with Crippen LogP contribution in [0.15, 0.2) is 30.3 Å². The van der Waals surface area contributed by atoms with Crippen LogP contribution in [0.1, 0.15) is 45.2 Å². The summed E-state index contributed by atoms with van der Waals surface area (Å²) in [6, 6.07) is 9.21. The third-order valence-corrected chi connectivity index (χ3v) is 3.97. The molecule has 1 aliphatic rings. The highest BCUT2D eigenvalue weighted by Crippen LogP contribution is 2.17. The molecule has 2 amide bonds. The molecule has 6 heteroatoms. The highest BCUT2D eigenvalue weighted by molar-refractivity contribution is 5.78. The van der Waals surface area contributed by atoms with Gasteiger partial charge in [-0.1, -0.05) is 30.3 Å². The molecule has 1 aromatic rings. The Labute approximate surface area is 149 Å². The summed E-state index contributed by atoms with van der Waals surface area (Å²) in [5.41, 5.74) is 0.345. The van der Waals surface area contributed by atoms with Crippen LogP contribution in [0.25, 0.3) is 0 Å². The minimum absolute atomic E-state index is 0.00946. The fourth-order valence-electron chi connectivity index (χ4n) is 2.69. The van der Waals surface area contributed by atoms with E-state index in [0.717, 1.165) is 18.4 Å². The SMILES string of the molecule is CC(C)(C)OC(=O)N[C@@H](CNC(=O)C1CCOCC1)c1ccccc1. The predicted octanol–water partition coefficient (Wildman–Crippen LogP) is 2.80. The van der Waals surface area contributed by atoms with E-state index in [2.05, 4.69) is 10.6 Å². The van der Waals surface area contributed by atoms with E-state index < -0.39 is 11.7 Å². The van der Waals surface area contributed by atoms with Crippen molar-refractivity contribution >= 4 is 12.0 Å². The third kappa shape index (κ3) is 6.74. The first-order valence-corrected chi connectivity index (χ1v) is 8.75. The van der Waals surface area contributed by atoms with Crippen molar-refractivity contribution in [2.45, 2.75) is 45.3 Å². The summed E-state index contributed by atoms with van der Waals surface area (Å²) in [4.78, 5) is 24.5. The molecule has 0 unspecified atom stereocenters. The molecule has 1 heterocycles. The van der Waals surface area contributed by atoms with E-state index in [1.165, 1.54) is 0 Å². The van der Waals surface area contributed by atoms with E-state index in [-0.39, 0.29) is 17.9 Å². The molecular formula is C19H28N2O4. The number of nitrogens with one attached hydrogen (secondary N) is 2. The minimum Gasteiger partial charge on any atom is -0.444 e. The Morgan fingerprint density at radius 2 is 1.84 bits per heavy atom. The van der Waals surface area contributed by atoms with Gasteiger partial charge in [0.05, 0.1) is 6.04 Å². The van der Waals surface area contributed by atoms with Crippen molar-refractivity contribution in [3.05, 3.63) is 35.9 Å². The zero-order valence-corrected chi connectivity index (χ0v) is 15.2. The Morgan fingerprint density at radius 3 is 2.44 bits per heavy atom. The van der Waals surface area contributed by atoms with Crippen LogP contribution in [0.5, 0.6) is 0 Å². The van der Waals surface area contributed by atoms with Crippen molar-refractivity contribution in [2.24, 2.45) is 5.92 Å². The van der Waals surface area contributed by atoms with Gasteiger partial charge in [0, 0.05) is 25.7 Å². The summed E-state index contributed by atoms with van der Waals surface area (Å²) >= 11 is 0. The number of hydrogen-bond donors (Lipinski definition) is 2. The van der Waals surface area contributed by atoms with Crippen molar-refractivity contribution in [1.82, 2.24) is 10.6 Å². The van der Waals surface area contributed by atoms with Gasteiger partial charge in [-0.2, -0.15) is 0 Å². The molecule has 1 aliphatic heterocycles. The molecule has 0 aromatic heterocycles. The zero-order chi connectivity index (χ0) is 18.3. The fraction of sp³-hybridized carbons (Fsp3) is 0.579. The Hall–Kier alpha value is -2.08. The van der Waals surface area contributed by atoms with Crippen LogP contribution in [0.2, 0.25) is 0 Å². The number of carbonyl (C=O) groups excluding carboxylic acids is 2. The Balaban J connectivity index is 1.97. The molecular weight excluding hydrogens is 320 g/mol. The third-order valence-electron chi connectivity index (χ3n) is 3.97. The first-order chi connectivity index (χ1) is 11.8. The van der Waals surface area contributed by atoms with Gasteiger partial charge < -0.3 is 20.1 Å². The molecule has 0 radical (unpaired) electrons. The summed E-state index contributed by atoms with van der Waals surface area (Å²) in [5, 5.41) is 5.80. The molecule has 1 aromatic carbocycles. The predicted molar refractivity (Wildman–Crippen MR) is 95.1 cm³/mol. The van der Waals surface area contributed by atoms with E-state index in [4.69, 9.17) is 9.47 Å². The van der Waals surface area contributed by atoms with Gasteiger partial charge in [-0.05, 0) is 39.2 Å². The van der Waals surface area contributed by atoms with Gasteiger partial charge in [0.1, 0.15) is 5.60 Å². The molecule has 2 N–H and O–H groups in total. The van der Waals surface area contributed by atoms with Crippen LogP contribution in [0, 0.1) is 5.92 Å². The molecule has 0 spiro atoms. The summed E-state index contributed by atoms with van der Waals surface area (Å²) in [6.45, 7) is 7.01. The Morgan fingerprint density at radius 1 is 1.20 bits per heavy atom. The van der Waals surface area contributed by atoms with Gasteiger partial charge in [0.25, 0.3) is 0 Å². The van der Waals surface area contributed by atoms with E-state index >= 15 is 0 Å². The van der Waals surface area contributed by atoms with Crippen LogP contribution < -0.4 is 10.6 Å². The molecule has 1 saturated heterocycles. The normalized spacial score (nSPS) is 16.8. The molecule has 0 saturated carbocycles. The highest BCUT2D eigenvalue weighted by atomic mass is 16.6. The van der Waals surface area contributed by atoms with Crippen molar-refractivity contribution in [1.29, 1.82) is 0 Å². The second-order valence-corrected chi connectivity index (χ2v) is 7.24. The second-order valence-electron chi connectivity index (χ2n) is 7.24. The lowest BCUT2D eigenvalue weighted by Gasteiger charge is -2.26. The number of amides is 2. The summed E-state index contributed by atoms with van der Waals surface area (Å²) in [5.74, 6) is -0.0121. The average molecular weight is 348 g/mol. The molecule has 25 heavy (non-hydrogen) atoms. The van der Waals surface area contributed by atoms with Gasteiger partial charge in [0.2, 0.25) is 5.91 Å². The first-order valence-electron chi connectivity index (χ1n) is 8.75. The van der Waals surface area contributed by atoms with Crippen molar-refractivity contribution in [3.63, 3.8) is 0 Å². The molecule has 2 rings (SSSR count). The molecule has 6 nitrogen and oxygen atoms in total. The molecule has 138 valence electrons. The van der Waals surface area contributed by atoms with Crippen LogP contribution in [-0.4, -0.2) is 37.4 Å². The van der Waals surface area contributed by atoms with Crippen LogP contribution >= 0.6 is 0 Å². The summed E-state index contributed by atoms with van der Waals surface area (Å²) in [7, 11) is 0. The maximum absolute atomic E-state index is 12.3. The first kappa shape index (κ1) is 19.2. The molecule has 1 fully saturated rings. The average Bonchev–Trinajstić information content (AvgIpc) is 2.58. The number of benzene rings is 1. The summed E-state index contributed by atoms with van der Waals surface area (Å²) < 4.78 is 10.6. The lowest BCUT2D eigenvalue weighted by Crippen LogP contribution is -2.42. The lowest BCUT2D eigenvalue weighted by atomic mass is 9.99. The van der Waals surface area contributed by atoms with Crippen molar-refractivity contribution in [2.75, 3.05) is 19.8 Å². The lowest BCUT2D eigenvalue weighted by molar-refractivity contribution is -0.127. The van der Waals surface area contributed by atoms with E-state index in [9.17, 15) is 9.59 Å². The number of rotatable bonds is 5. The van der Waals surface area contributed by atoms with Crippen molar-refractivity contribution in [3.8, 4) is 0 Å². The quantitative estimate of drug-likeness (QED) is 0.858. The molecule has 0 bridgehead atoms. The van der Waals surface area contributed by atoms with Gasteiger partial charge in [-0.15, -0.1) is 0 Å². The largest absolute Gasteiger partial charge is 0.444 e. The number of carbonyl (C=O) groups is 2. The second kappa shape index (κ2) is 8.85. The van der Waals surface area contributed by atoms with Crippen LogP contribution in [0.4, 0.5) is 4.79 Å². The Bertz CT molecular complexity index is 563. The number of ether oxygens (including phenoxy) is 2. The fourth-order valence-corrected chi connectivity index (χ4v) is 2.69. The Kier molecular flexibility index (Phi) is 6.82. The molecule has 1 atom stereocenters. The smallest absolute Gasteiger partial charge is 0.408 e. The van der Waals surface area contributed by atoms with Gasteiger partial charge in [-0.3, -0.25) is 4.79 Å². The van der Waals surface area contributed by atoms with E-state index in [1.807, 2.05) is 51.1 Å². The minimum atomic E-state index is -0.573. The van der Waals surface area contributed by atoms with Gasteiger partial charge in [0.15, 0.2) is 0 Å². The topological polar surface area (TPSA) is 76.7 Å². The van der Waals surface area contributed by atoms with E-state index in [0.29, 0.717) is 19.8 Å². The summed E-state index contributed by atoms with van der Waals surface area (Å²) in [6.07, 6.45) is 0.976. The van der Waals surface area contributed by atoms with E-state index in [1.54, 1.807) is 0 Å². The highest BCUT2D eigenvalue weighted by Gasteiger charge is 2.24. The number of hydrogen-bond acceptors (Lipinski definition) is 4. The maximum Gasteiger partial charge on any atom is 0.408 e. The van der Waals surface area contributed by atoms with Gasteiger partial charge >= 0.3 is 6.09 Å². The molecule has 0 aliphatic carbocycles. The maximum atomic E-state index is 12.3. The van der Waals surface area contributed by atoms with Crippen LogP contribution in [-0.2, 0) is 14.3 Å². The van der Waals surface area contributed by atoms with Crippen LogP contribution in [0.3, 0.4) is 0 Å². The van der Waals surface area contributed by atoms with Gasteiger partial charge in [-0.25, -0.2) is 4.79 Å².